The highest BCUT2D eigenvalue weighted by Crippen LogP contribution is 2.21. The van der Waals surface area contributed by atoms with E-state index in [9.17, 15) is 4.79 Å². The molecule has 0 aliphatic heterocycles. The topological polar surface area (TPSA) is 38.8 Å². The lowest BCUT2D eigenvalue weighted by atomic mass is 10.1. The molecule has 0 spiro atoms. The van der Waals surface area contributed by atoms with Gasteiger partial charge in [0.25, 0.3) is 0 Å². The largest absolute Gasteiger partial charge is 0.465 e. The van der Waals surface area contributed by atoms with E-state index in [1.807, 2.05) is 6.07 Å². The van der Waals surface area contributed by atoms with Gasteiger partial charge in [0.15, 0.2) is 0 Å². The van der Waals surface area contributed by atoms with Crippen LogP contribution in [0.2, 0.25) is 0 Å². The van der Waals surface area contributed by atoms with Gasteiger partial charge in [-0.1, -0.05) is 28.9 Å². The molecule has 0 bridgehead atoms. The van der Waals surface area contributed by atoms with Gasteiger partial charge in [-0.25, -0.2) is 4.79 Å². The summed E-state index contributed by atoms with van der Waals surface area (Å²) in [5.41, 5.74) is 1.69. The van der Waals surface area contributed by atoms with Crippen molar-refractivity contribution in [2.75, 3.05) is 27.4 Å². The fourth-order valence-electron chi connectivity index (χ4n) is 2.07. The number of carbonyl (C=O) groups is 1. The minimum absolute atomic E-state index is 0.322. The zero-order valence-corrected chi connectivity index (χ0v) is 14.1. The highest BCUT2D eigenvalue weighted by atomic mass is 79.9. The predicted molar refractivity (Wildman–Crippen MR) is 82.9 cm³/mol. The summed E-state index contributed by atoms with van der Waals surface area (Å²) in [5, 5.41) is 0. The molecular formula is C15H22BrNO3. The van der Waals surface area contributed by atoms with Crippen LogP contribution in [0.4, 0.5) is 0 Å². The van der Waals surface area contributed by atoms with Crippen LogP contribution in [0.3, 0.4) is 0 Å². The van der Waals surface area contributed by atoms with E-state index in [0.29, 0.717) is 18.2 Å². The minimum Gasteiger partial charge on any atom is -0.465 e. The number of hydrogen-bond acceptors (Lipinski definition) is 4. The Labute approximate surface area is 129 Å². The van der Waals surface area contributed by atoms with E-state index in [-0.39, 0.29) is 5.97 Å². The van der Waals surface area contributed by atoms with Crippen molar-refractivity contribution in [1.29, 1.82) is 0 Å². The number of carbonyl (C=O) groups excluding carboxylic acids is 1. The number of nitrogens with zero attached hydrogens (tertiary/aromatic N) is 1. The maximum Gasteiger partial charge on any atom is 0.337 e. The number of halogens is 1. The third-order valence-corrected chi connectivity index (χ3v) is 4.02. The first-order valence-electron chi connectivity index (χ1n) is 6.63. The van der Waals surface area contributed by atoms with Gasteiger partial charge in [-0.15, -0.1) is 0 Å². The molecule has 5 heteroatoms. The van der Waals surface area contributed by atoms with E-state index >= 15 is 0 Å². The lowest BCUT2D eigenvalue weighted by Crippen LogP contribution is -2.35. The highest BCUT2D eigenvalue weighted by molar-refractivity contribution is 9.10. The third kappa shape index (κ3) is 4.58. The van der Waals surface area contributed by atoms with E-state index in [0.717, 1.165) is 23.1 Å². The van der Waals surface area contributed by atoms with Crippen molar-refractivity contribution in [3.05, 3.63) is 33.8 Å². The maximum absolute atomic E-state index is 11.5. The van der Waals surface area contributed by atoms with Crippen LogP contribution >= 0.6 is 15.9 Å². The Morgan fingerprint density at radius 3 is 2.60 bits per heavy atom. The second kappa shape index (κ2) is 8.39. The standard InChI is InChI=1S/C15H22BrNO3/c1-5-17(11(2)10-19-3)9-13-7-6-12(8-14(13)16)15(18)20-4/h6-8,11H,5,9-10H2,1-4H3. The molecule has 4 nitrogen and oxygen atoms in total. The van der Waals surface area contributed by atoms with Crippen molar-refractivity contribution in [3.63, 3.8) is 0 Å². The van der Waals surface area contributed by atoms with Crippen LogP contribution in [0.5, 0.6) is 0 Å². The van der Waals surface area contributed by atoms with E-state index in [2.05, 4.69) is 34.7 Å². The van der Waals surface area contributed by atoms with Crippen molar-refractivity contribution in [2.45, 2.75) is 26.4 Å². The van der Waals surface area contributed by atoms with Gasteiger partial charge >= 0.3 is 5.97 Å². The van der Waals surface area contributed by atoms with E-state index in [4.69, 9.17) is 9.47 Å². The zero-order chi connectivity index (χ0) is 15.1. The number of rotatable bonds is 7. The average Bonchev–Trinajstić information content (AvgIpc) is 2.45. The second-order valence-corrected chi connectivity index (χ2v) is 5.52. The fourth-order valence-corrected chi connectivity index (χ4v) is 2.57. The van der Waals surface area contributed by atoms with Gasteiger partial charge in [0, 0.05) is 24.2 Å². The van der Waals surface area contributed by atoms with Crippen LogP contribution in [0.15, 0.2) is 22.7 Å². The number of benzene rings is 1. The normalized spacial score (nSPS) is 12.5. The predicted octanol–water partition coefficient (Wildman–Crippen LogP) is 3.09. The molecule has 0 saturated heterocycles. The van der Waals surface area contributed by atoms with Crippen molar-refractivity contribution in [1.82, 2.24) is 4.90 Å². The average molecular weight is 344 g/mol. The molecule has 1 unspecified atom stereocenters. The molecule has 0 N–H and O–H groups in total. The maximum atomic E-state index is 11.5. The highest BCUT2D eigenvalue weighted by Gasteiger charge is 2.15. The minimum atomic E-state index is -0.322. The van der Waals surface area contributed by atoms with Crippen molar-refractivity contribution in [2.24, 2.45) is 0 Å². The van der Waals surface area contributed by atoms with Crippen molar-refractivity contribution < 1.29 is 14.3 Å². The van der Waals surface area contributed by atoms with Crippen LogP contribution in [0, 0.1) is 0 Å². The molecule has 0 fully saturated rings. The fraction of sp³-hybridized carbons (Fsp3) is 0.533. The Hall–Kier alpha value is -0.910. The summed E-state index contributed by atoms with van der Waals surface area (Å²) in [6, 6.07) is 5.90. The van der Waals surface area contributed by atoms with Gasteiger partial charge in [-0.3, -0.25) is 4.90 Å². The van der Waals surface area contributed by atoms with Crippen LogP contribution in [0.25, 0.3) is 0 Å². The van der Waals surface area contributed by atoms with Crippen molar-refractivity contribution >= 4 is 21.9 Å². The zero-order valence-electron chi connectivity index (χ0n) is 12.5. The number of ether oxygens (including phenoxy) is 2. The molecule has 0 aliphatic rings. The molecule has 1 atom stereocenters. The summed E-state index contributed by atoms with van der Waals surface area (Å²) >= 11 is 3.52. The lowest BCUT2D eigenvalue weighted by molar-refractivity contribution is 0.0600. The summed E-state index contributed by atoms with van der Waals surface area (Å²) in [5.74, 6) is -0.322. The van der Waals surface area contributed by atoms with Crippen LogP contribution < -0.4 is 0 Å². The number of likely N-dealkylation sites (N-methyl/N-ethyl adjacent to an activating group) is 1. The lowest BCUT2D eigenvalue weighted by Gasteiger charge is -2.27. The smallest absolute Gasteiger partial charge is 0.337 e. The van der Waals surface area contributed by atoms with Gasteiger partial charge in [-0.2, -0.15) is 0 Å². The molecule has 20 heavy (non-hydrogen) atoms. The Morgan fingerprint density at radius 1 is 1.40 bits per heavy atom. The summed E-state index contributed by atoms with van der Waals surface area (Å²) in [6.45, 7) is 6.72. The van der Waals surface area contributed by atoms with Crippen LogP contribution in [-0.2, 0) is 16.0 Å². The molecule has 0 radical (unpaired) electrons. The van der Waals surface area contributed by atoms with Crippen LogP contribution in [-0.4, -0.2) is 44.3 Å². The number of hydrogen-bond donors (Lipinski definition) is 0. The molecule has 0 amide bonds. The first-order chi connectivity index (χ1) is 9.53. The molecule has 0 saturated carbocycles. The van der Waals surface area contributed by atoms with E-state index in [1.165, 1.54) is 7.11 Å². The summed E-state index contributed by atoms with van der Waals surface area (Å²) < 4.78 is 10.8. The summed E-state index contributed by atoms with van der Waals surface area (Å²) in [6.07, 6.45) is 0. The van der Waals surface area contributed by atoms with Gasteiger partial charge in [-0.05, 0) is 31.2 Å². The molecule has 1 aromatic carbocycles. The number of esters is 1. The van der Waals surface area contributed by atoms with Crippen molar-refractivity contribution in [3.8, 4) is 0 Å². The Balaban J connectivity index is 2.84. The van der Waals surface area contributed by atoms with Gasteiger partial charge in [0.1, 0.15) is 0 Å². The Morgan fingerprint density at radius 2 is 2.10 bits per heavy atom. The SMILES string of the molecule is CCN(Cc1ccc(C(=O)OC)cc1Br)C(C)COC. The third-order valence-electron chi connectivity index (χ3n) is 3.28. The van der Waals surface area contributed by atoms with Gasteiger partial charge in [0.2, 0.25) is 0 Å². The molecule has 1 rings (SSSR count). The first-order valence-corrected chi connectivity index (χ1v) is 7.42. The Kier molecular flexibility index (Phi) is 7.19. The van der Waals surface area contributed by atoms with Gasteiger partial charge in [0.05, 0.1) is 19.3 Å². The molecule has 0 aliphatic carbocycles. The molecule has 0 aromatic heterocycles. The molecule has 1 aromatic rings. The van der Waals surface area contributed by atoms with E-state index in [1.54, 1.807) is 19.2 Å². The quantitative estimate of drug-likeness (QED) is 0.713. The first kappa shape index (κ1) is 17.1. The Bertz CT molecular complexity index is 451. The summed E-state index contributed by atoms with van der Waals surface area (Å²) in [7, 11) is 3.10. The number of methoxy groups -OCH3 is 2. The second-order valence-electron chi connectivity index (χ2n) is 4.67. The van der Waals surface area contributed by atoms with Crippen LogP contribution in [0.1, 0.15) is 29.8 Å². The molecule has 0 heterocycles. The monoisotopic (exact) mass is 343 g/mol. The van der Waals surface area contributed by atoms with Gasteiger partial charge < -0.3 is 9.47 Å². The summed E-state index contributed by atoms with van der Waals surface area (Å²) in [4.78, 5) is 13.8. The van der Waals surface area contributed by atoms with E-state index < -0.39 is 0 Å². The molecule has 112 valence electrons. The molecular weight excluding hydrogens is 322 g/mol.